The van der Waals surface area contributed by atoms with Crippen molar-refractivity contribution in [2.24, 2.45) is 0 Å². The number of sulfonamides is 1. The summed E-state index contributed by atoms with van der Waals surface area (Å²) < 4.78 is 27.2. The van der Waals surface area contributed by atoms with E-state index in [0.717, 1.165) is 30.1 Å². The van der Waals surface area contributed by atoms with Gasteiger partial charge < -0.3 is 4.57 Å². The number of thioether (sulfide) groups is 1. The molecule has 0 aliphatic heterocycles. The molecule has 0 bridgehead atoms. The van der Waals surface area contributed by atoms with Gasteiger partial charge in [0.1, 0.15) is 5.82 Å². The molecule has 1 N–H and O–H groups in total. The number of rotatable bonds is 8. The molecule has 2 fully saturated rings. The number of hydrogen-bond donors (Lipinski definition) is 1. The van der Waals surface area contributed by atoms with Gasteiger partial charge in [0.15, 0.2) is 10.9 Å². The average Bonchev–Trinajstić information content (AvgIpc) is 3.52. The van der Waals surface area contributed by atoms with Crippen LogP contribution in [0.25, 0.3) is 0 Å². The van der Waals surface area contributed by atoms with Gasteiger partial charge in [-0.3, -0.25) is 9.52 Å². The fourth-order valence-corrected chi connectivity index (χ4v) is 4.60. The Morgan fingerprint density at radius 1 is 1.19 bits per heavy atom. The first-order valence-corrected chi connectivity index (χ1v) is 11.8. The van der Waals surface area contributed by atoms with Crippen LogP contribution in [0.5, 0.6) is 0 Å². The second kappa shape index (κ2) is 6.94. The highest BCUT2D eigenvalue weighted by molar-refractivity contribution is 8.00. The fraction of sp³-hybridized carbons (Fsp3) is 0.500. The molecule has 2 aliphatic carbocycles. The molecule has 0 spiro atoms. The lowest BCUT2D eigenvalue weighted by Crippen LogP contribution is -2.15. The third-order valence-electron chi connectivity index (χ3n) is 4.67. The molecule has 1 aromatic heterocycles. The van der Waals surface area contributed by atoms with Crippen LogP contribution in [-0.4, -0.2) is 40.5 Å². The Balaban J connectivity index is 1.47. The molecular weight excluding hydrogens is 384 g/mol. The Morgan fingerprint density at radius 2 is 1.85 bits per heavy atom. The molecule has 7 nitrogen and oxygen atoms in total. The summed E-state index contributed by atoms with van der Waals surface area (Å²) in [6.07, 6.45) is 5.76. The molecule has 9 heteroatoms. The number of anilines is 1. The minimum absolute atomic E-state index is 0.00998. The first kappa shape index (κ1) is 18.5. The first-order valence-electron chi connectivity index (χ1n) is 9.05. The van der Waals surface area contributed by atoms with E-state index in [1.54, 1.807) is 24.3 Å². The van der Waals surface area contributed by atoms with Crippen LogP contribution in [0.4, 0.5) is 5.69 Å². The third-order valence-corrected chi connectivity index (χ3v) is 6.33. The molecule has 0 unspecified atom stereocenters. The number of hydrogen-bond acceptors (Lipinski definition) is 6. The van der Waals surface area contributed by atoms with Crippen molar-refractivity contribution in [2.75, 3.05) is 11.0 Å². The Hall–Kier alpha value is -1.87. The number of aromatic nitrogens is 3. The fourth-order valence-electron chi connectivity index (χ4n) is 3.03. The Kier molecular flexibility index (Phi) is 4.75. The lowest BCUT2D eigenvalue weighted by Gasteiger charge is -2.12. The summed E-state index contributed by atoms with van der Waals surface area (Å²) in [5.74, 6) is 1.61. The number of benzene rings is 1. The predicted molar refractivity (Wildman–Crippen MR) is 105 cm³/mol. The molecular formula is C18H22N4O3S2. The van der Waals surface area contributed by atoms with Gasteiger partial charge in [0.25, 0.3) is 0 Å². The van der Waals surface area contributed by atoms with E-state index < -0.39 is 10.0 Å². The minimum Gasteiger partial charge on any atom is -0.303 e. The maximum atomic E-state index is 12.8. The van der Waals surface area contributed by atoms with Gasteiger partial charge in [-0.25, -0.2) is 8.42 Å². The van der Waals surface area contributed by atoms with E-state index >= 15 is 0 Å². The minimum atomic E-state index is -3.33. The van der Waals surface area contributed by atoms with Gasteiger partial charge in [-0.05, 0) is 56.9 Å². The van der Waals surface area contributed by atoms with Crippen LogP contribution in [0.3, 0.4) is 0 Å². The SMILES string of the molecule is C[C@@H](Sc1nnc(C2CC2)n1C1CC1)C(=O)c1ccc(NS(C)(=O)=O)cc1. The van der Waals surface area contributed by atoms with Gasteiger partial charge >= 0.3 is 0 Å². The molecule has 0 radical (unpaired) electrons. The monoisotopic (exact) mass is 406 g/mol. The lowest BCUT2D eigenvalue weighted by molar-refractivity contribution is 0.0994. The van der Waals surface area contributed by atoms with Crippen molar-refractivity contribution in [2.45, 2.75) is 55.0 Å². The predicted octanol–water partition coefficient (Wildman–Crippen LogP) is 3.23. The molecule has 1 atom stereocenters. The van der Waals surface area contributed by atoms with Gasteiger partial charge in [0.2, 0.25) is 10.0 Å². The second-order valence-corrected chi connectivity index (χ2v) is 10.3. The van der Waals surface area contributed by atoms with E-state index in [1.807, 2.05) is 6.92 Å². The van der Waals surface area contributed by atoms with Crippen LogP contribution in [0, 0.1) is 0 Å². The number of ketones is 1. The van der Waals surface area contributed by atoms with Crippen LogP contribution in [0.2, 0.25) is 0 Å². The van der Waals surface area contributed by atoms with Crippen molar-refractivity contribution in [3.8, 4) is 0 Å². The van der Waals surface area contributed by atoms with E-state index in [0.29, 0.717) is 23.2 Å². The molecule has 27 heavy (non-hydrogen) atoms. The van der Waals surface area contributed by atoms with Gasteiger partial charge in [0, 0.05) is 23.2 Å². The molecule has 0 saturated heterocycles. The lowest BCUT2D eigenvalue weighted by atomic mass is 10.1. The zero-order valence-corrected chi connectivity index (χ0v) is 16.9. The summed E-state index contributed by atoms with van der Waals surface area (Å²) >= 11 is 1.45. The van der Waals surface area contributed by atoms with E-state index in [-0.39, 0.29) is 11.0 Å². The molecule has 2 aromatic rings. The van der Waals surface area contributed by atoms with Crippen LogP contribution in [0.15, 0.2) is 29.4 Å². The molecule has 0 amide bonds. The normalized spacial score (nSPS) is 18.3. The summed E-state index contributed by atoms with van der Waals surface area (Å²) in [7, 11) is -3.33. The molecule has 1 heterocycles. The first-order chi connectivity index (χ1) is 12.8. The highest BCUT2D eigenvalue weighted by Crippen LogP contribution is 2.46. The summed E-state index contributed by atoms with van der Waals surface area (Å²) in [4.78, 5) is 12.8. The van der Waals surface area contributed by atoms with E-state index in [9.17, 15) is 13.2 Å². The Labute approximate surface area is 163 Å². The van der Waals surface area contributed by atoms with Crippen molar-refractivity contribution in [1.29, 1.82) is 0 Å². The Bertz CT molecular complexity index is 961. The van der Waals surface area contributed by atoms with Crippen LogP contribution in [0.1, 0.15) is 60.7 Å². The van der Waals surface area contributed by atoms with E-state index in [1.165, 1.54) is 24.6 Å². The summed E-state index contributed by atoms with van der Waals surface area (Å²) in [6.45, 7) is 1.87. The van der Waals surface area contributed by atoms with Crippen LogP contribution >= 0.6 is 11.8 Å². The number of carbonyl (C=O) groups is 1. The van der Waals surface area contributed by atoms with Crippen molar-refractivity contribution in [3.63, 3.8) is 0 Å². The summed E-state index contributed by atoms with van der Waals surface area (Å²) in [5.41, 5.74) is 0.992. The number of nitrogens with zero attached hydrogens (tertiary/aromatic N) is 3. The van der Waals surface area contributed by atoms with Gasteiger partial charge in [-0.2, -0.15) is 0 Å². The number of nitrogens with one attached hydrogen (secondary N) is 1. The molecule has 4 rings (SSSR count). The second-order valence-electron chi connectivity index (χ2n) is 7.29. The average molecular weight is 407 g/mol. The standard InChI is InChI=1S/C18H22N4O3S2/c1-11(16(23)12-5-7-14(8-6-12)21-27(2,24)25)26-18-20-19-17(13-3-4-13)22(18)15-9-10-15/h5-8,11,13,15,21H,3-4,9-10H2,1-2H3/t11-/m1/s1. The topological polar surface area (TPSA) is 93.9 Å². The van der Waals surface area contributed by atoms with Gasteiger partial charge in [-0.1, -0.05) is 11.8 Å². The van der Waals surface area contributed by atoms with Crippen molar-refractivity contribution in [3.05, 3.63) is 35.7 Å². The van der Waals surface area contributed by atoms with Crippen LogP contribution < -0.4 is 4.72 Å². The molecule has 2 aliphatic rings. The summed E-state index contributed by atoms with van der Waals surface area (Å²) in [5, 5.41) is 9.27. The van der Waals surface area contributed by atoms with E-state index in [4.69, 9.17) is 0 Å². The number of carbonyl (C=O) groups excluding carboxylic acids is 1. The highest BCUT2D eigenvalue weighted by atomic mass is 32.2. The van der Waals surface area contributed by atoms with E-state index in [2.05, 4.69) is 19.5 Å². The maximum Gasteiger partial charge on any atom is 0.229 e. The summed E-state index contributed by atoms with van der Waals surface area (Å²) in [6, 6.07) is 6.98. The van der Waals surface area contributed by atoms with Crippen LogP contribution in [-0.2, 0) is 10.0 Å². The molecule has 2 saturated carbocycles. The zero-order chi connectivity index (χ0) is 19.2. The molecule has 144 valence electrons. The van der Waals surface area contributed by atoms with Gasteiger partial charge in [0.05, 0.1) is 11.5 Å². The van der Waals surface area contributed by atoms with Crippen molar-refractivity contribution >= 4 is 33.3 Å². The smallest absolute Gasteiger partial charge is 0.229 e. The van der Waals surface area contributed by atoms with Gasteiger partial charge in [-0.15, -0.1) is 10.2 Å². The van der Waals surface area contributed by atoms with Crippen molar-refractivity contribution in [1.82, 2.24) is 14.8 Å². The van der Waals surface area contributed by atoms with Crippen molar-refractivity contribution < 1.29 is 13.2 Å². The quantitative estimate of drug-likeness (QED) is 0.534. The Morgan fingerprint density at radius 3 is 2.41 bits per heavy atom. The zero-order valence-electron chi connectivity index (χ0n) is 15.3. The molecule has 1 aromatic carbocycles. The number of Topliss-reactive ketones (excluding diaryl/α,β-unsaturated/α-hetero) is 1. The third kappa shape index (κ3) is 4.35. The highest BCUT2D eigenvalue weighted by Gasteiger charge is 2.37. The maximum absolute atomic E-state index is 12.8. The largest absolute Gasteiger partial charge is 0.303 e.